The van der Waals surface area contributed by atoms with E-state index >= 15 is 0 Å². The van der Waals surface area contributed by atoms with E-state index in [0.717, 1.165) is 31.4 Å². The van der Waals surface area contributed by atoms with Gasteiger partial charge < -0.3 is 9.84 Å². The molecule has 0 unspecified atom stereocenters. The number of benzene rings is 2. The van der Waals surface area contributed by atoms with Crippen molar-refractivity contribution in [2.24, 2.45) is 0 Å². The number of carbonyl (C=O) groups is 1. The number of sulfonamides is 1. The van der Waals surface area contributed by atoms with Gasteiger partial charge in [0.25, 0.3) is 10.0 Å². The molecule has 0 bridgehead atoms. The van der Waals surface area contributed by atoms with Gasteiger partial charge in [-0.3, -0.25) is 9.10 Å². The van der Waals surface area contributed by atoms with Crippen LogP contribution in [0.5, 0.6) is 5.75 Å². The van der Waals surface area contributed by atoms with E-state index in [4.69, 9.17) is 16.7 Å². The maximum Gasteiger partial charge on any atom is 0.417 e. The van der Waals surface area contributed by atoms with Gasteiger partial charge in [0.15, 0.2) is 11.6 Å². The van der Waals surface area contributed by atoms with Crippen molar-refractivity contribution in [3.05, 3.63) is 52.8 Å². The van der Waals surface area contributed by atoms with Crippen LogP contribution in [-0.2, 0) is 21.0 Å². The minimum absolute atomic E-state index is 0.210. The molecular weight excluding hydrogens is 430 g/mol. The lowest BCUT2D eigenvalue weighted by Crippen LogP contribution is -2.36. The molecular formula is C16H12ClF4NO5S. The monoisotopic (exact) mass is 441 g/mol. The van der Waals surface area contributed by atoms with Crippen LogP contribution < -0.4 is 9.04 Å². The number of aliphatic carboxylic acids is 1. The van der Waals surface area contributed by atoms with Gasteiger partial charge in [0, 0.05) is 0 Å². The lowest BCUT2D eigenvalue weighted by molar-refractivity contribution is -0.137. The van der Waals surface area contributed by atoms with Crippen LogP contribution in [0.1, 0.15) is 5.56 Å². The summed E-state index contributed by atoms with van der Waals surface area (Å²) >= 11 is 5.51. The first-order chi connectivity index (χ1) is 12.9. The first-order valence-electron chi connectivity index (χ1n) is 7.32. The molecule has 0 saturated carbocycles. The Morgan fingerprint density at radius 2 is 1.86 bits per heavy atom. The van der Waals surface area contributed by atoms with Gasteiger partial charge in [0.05, 0.1) is 28.3 Å². The molecule has 0 saturated heterocycles. The van der Waals surface area contributed by atoms with Gasteiger partial charge in [-0.1, -0.05) is 11.6 Å². The summed E-state index contributed by atoms with van der Waals surface area (Å²) in [7, 11) is -3.58. The Kier molecular flexibility index (Phi) is 6.09. The molecule has 2 aromatic rings. The molecule has 0 fully saturated rings. The number of rotatable bonds is 6. The van der Waals surface area contributed by atoms with Crippen LogP contribution >= 0.6 is 11.6 Å². The summed E-state index contributed by atoms with van der Waals surface area (Å²) in [6.07, 6.45) is -4.90. The van der Waals surface area contributed by atoms with Crippen molar-refractivity contribution in [2.45, 2.75) is 11.1 Å². The highest BCUT2D eigenvalue weighted by Crippen LogP contribution is 2.38. The molecule has 0 atom stereocenters. The third-order valence-electron chi connectivity index (χ3n) is 3.53. The number of alkyl halides is 3. The predicted octanol–water partition coefficient (Wildman–Crippen LogP) is 3.79. The molecule has 0 spiro atoms. The number of nitrogens with zero attached hydrogens (tertiary/aromatic N) is 1. The van der Waals surface area contributed by atoms with Gasteiger partial charge in [-0.25, -0.2) is 12.8 Å². The number of carboxylic acid groups (broad SMARTS) is 1. The number of anilines is 1. The Balaban J connectivity index is 2.64. The highest BCUT2D eigenvalue weighted by atomic mass is 35.5. The zero-order valence-electron chi connectivity index (χ0n) is 14.0. The molecule has 0 aliphatic rings. The second-order valence-corrected chi connectivity index (χ2v) is 7.63. The van der Waals surface area contributed by atoms with Gasteiger partial charge in [0.1, 0.15) is 6.54 Å². The van der Waals surface area contributed by atoms with Crippen molar-refractivity contribution < 1.29 is 40.6 Å². The van der Waals surface area contributed by atoms with Crippen molar-refractivity contribution >= 4 is 33.3 Å². The molecule has 2 aromatic carbocycles. The molecule has 0 aliphatic carbocycles. The summed E-state index contributed by atoms with van der Waals surface area (Å²) < 4.78 is 83.6. The minimum Gasteiger partial charge on any atom is -0.494 e. The largest absolute Gasteiger partial charge is 0.494 e. The summed E-state index contributed by atoms with van der Waals surface area (Å²) in [5, 5.41) is 8.33. The topological polar surface area (TPSA) is 83.9 Å². The van der Waals surface area contributed by atoms with Gasteiger partial charge in [-0.05, 0) is 36.4 Å². The number of halogens is 5. The number of hydrogen-bond acceptors (Lipinski definition) is 4. The standard InChI is InChI=1S/C16H12ClF4NO5S/c1-27-14-5-3-10(7-13(14)18)28(25,26)22(8-15(23)24)9-2-4-12(17)11(6-9)16(19,20)21/h2-7H,8H2,1H3,(H,23,24). The van der Waals surface area contributed by atoms with Crippen molar-refractivity contribution in [1.82, 2.24) is 0 Å². The van der Waals surface area contributed by atoms with Crippen molar-refractivity contribution in [3.8, 4) is 5.75 Å². The Hall–Kier alpha value is -2.53. The number of methoxy groups -OCH3 is 1. The van der Waals surface area contributed by atoms with E-state index in [1.807, 2.05) is 0 Å². The molecule has 0 radical (unpaired) electrons. The molecule has 12 heteroatoms. The first kappa shape index (κ1) is 21.8. The van der Waals surface area contributed by atoms with Gasteiger partial charge in [0.2, 0.25) is 0 Å². The Morgan fingerprint density at radius 3 is 2.36 bits per heavy atom. The molecule has 0 amide bonds. The van der Waals surface area contributed by atoms with Crippen molar-refractivity contribution in [3.63, 3.8) is 0 Å². The van der Waals surface area contributed by atoms with Crippen molar-refractivity contribution in [2.75, 3.05) is 18.0 Å². The molecule has 0 aliphatic heterocycles. The maximum atomic E-state index is 13.9. The summed E-state index contributed by atoms with van der Waals surface area (Å²) in [4.78, 5) is 10.5. The third kappa shape index (κ3) is 4.47. The Bertz CT molecular complexity index is 1010. The fraction of sp³-hybridized carbons (Fsp3) is 0.188. The zero-order chi connectivity index (χ0) is 21.3. The van der Waals surface area contributed by atoms with Crippen LogP contribution in [0.3, 0.4) is 0 Å². The third-order valence-corrected chi connectivity index (χ3v) is 5.63. The number of carboxylic acids is 1. The summed E-state index contributed by atoms with van der Waals surface area (Å²) in [5.74, 6) is -2.96. The number of ether oxygens (including phenoxy) is 1. The summed E-state index contributed by atoms with van der Waals surface area (Å²) in [6, 6.07) is 4.61. The van der Waals surface area contributed by atoms with Crippen LogP contribution in [0.2, 0.25) is 5.02 Å². The summed E-state index contributed by atoms with van der Waals surface area (Å²) in [5.41, 5.74) is -1.95. The van der Waals surface area contributed by atoms with E-state index in [1.165, 1.54) is 0 Å². The zero-order valence-corrected chi connectivity index (χ0v) is 15.6. The van der Waals surface area contributed by atoms with E-state index < -0.39 is 55.7 Å². The molecule has 0 aromatic heterocycles. The Morgan fingerprint density at radius 1 is 1.21 bits per heavy atom. The summed E-state index contributed by atoms with van der Waals surface area (Å²) in [6.45, 7) is -1.20. The lowest BCUT2D eigenvalue weighted by Gasteiger charge is -2.24. The minimum atomic E-state index is -4.90. The predicted molar refractivity (Wildman–Crippen MR) is 91.6 cm³/mol. The van der Waals surface area contributed by atoms with E-state index in [9.17, 15) is 30.8 Å². The smallest absolute Gasteiger partial charge is 0.417 e. The molecule has 1 N–H and O–H groups in total. The number of hydrogen-bond donors (Lipinski definition) is 1. The quantitative estimate of drug-likeness (QED) is 0.690. The Labute approximate surface area is 162 Å². The molecule has 6 nitrogen and oxygen atoms in total. The van der Waals surface area contributed by atoms with Crippen molar-refractivity contribution in [1.29, 1.82) is 0 Å². The van der Waals surface area contributed by atoms with Gasteiger partial charge >= 0.3 is 12.1 Å². The van der Waals surface area contributed by atoms with Crippen LogP contribution in [0.4, 0.5) is 23.2 Å². The van der Waals surface area contributed by atoms with Crippen LogP contribution in [0.15, 0.2) is 41.3 Å². The second-order valence-electron chi connectivity index (χ2n) is 5.36. The van der Waals surface area contributed by atoms with Gasteiger partial charge in [-0.2, -0.15) is 13.2 Å². The highest BCUT2D eigenvalue weighted by molar-refractivity contribution is 7.92. The molecule has 0 heterocycles. The van der Waals surface area contributed by atoms with Crippen LogP contribution in [-0.4, -0.2) is 33.1 Å². The highest BCUT2D eigenvalue weighted by Gasteiger charge is 2.35. The first-order valence-corrected chi connectivity index (χ1v) is 9.14. The fourth-order valence-electron chi connectivity index (χ4n) is 2.26. The second kappa shape index (κ2) is 7.84. The SMILES string of the molecule is COc1ccc(S(=O)(=O)N(CC(=O)O)c2ccc(Cl)c(C(F)(F)F)c2)cc1F. The molecule has 152 valence electrons. The van der Waals surface area contributed by atoms with E-state index in [-0.39, 0.29) is 10.1 Å². The van der Waals surface area contributed by atoms with E-state index in [1.54, 1.807) is 0 Å². The van der Waals surface area contributed by atoms with Gasteiger partial charge in [-0.15, -0.1) is 0 Å². The van der Waals surface area contributed by atoms with E-state index in [0.29, 0.717) is 12.1 Å². The average molecular weight is 442 g/mol. The van der Waals surface area contributed by atoms with E-state index in [2.05, 4.69) is 4.74 Å². The van der Waals surface area contributed by atoms with Crippen LogP contribution in [0.25, 0.3) is 0 Å². The fourth-order valence-corrected chi connectivity index (χ4v) is 3.90. The lowest BCUT2D eigenvalue weighted by atomic mass is 10.2. The molecule has 2 rings (SSSR count). The normalized spacial score (nSPS) is 11.9. The van der Waals surface area contributed by atoms with Crippen LogP contribution in [0, 0.1) is 5.82 Å². The maximum absolute atomic E-state index is 13.9. The average Bonchev–Trinajstić information content (AvgIpc) is 2.59. The molecule has 28 heavy (non-hydrogen) atoms.